The minimum Gasteiger partial charge on any atom is -0.464 e. The van der Waals surface area contributed by atoms with Crippen molar-refractivity contribution < 1.29 is 24.5 Å². The van der Waals surface area contributed by atoms with Gasteiger partial charge < -0.3 is 41.6 Å². The van der Waals surface area contributed by atoms with Crippen molar-refractivity contribution in [1.29, 1.82) is 0 Å². The van der Waals surface area contributed by atoms with Crippen molar-refractivity contribution in [2.24, 2.45) is 16.9 Å². The van der Waals surface area contributed by atoms with E-state index >= 15 is 0 Å². The van der Waals surface area contributed by atoms with Crippen LogP contribution in [0.1, 0.15) is 88.2 Å². The molecule has 1 amide bonds. The molecule has 4 aliphatic rings. The van der Waals surface area contributed by atoms with E-state index < -0.39 is 35.7 Å². The number of rotatable bonds is 3. The molecule has 8 N–H and O–H groups in total. The van der Waals surface area contributed by atoms with Crippen molar-refractivity contribution in [3.05, 3.63) is 63.5 Å². The maximum Gasteiger partial charge on any atom is 0.322 e. The van der Waals surface area contributed by atoms with E-state index in [-0.39, 0.29) is 24.5 Å². The van der Waals surface area contributed by atoms with Crippen LogP contribution in [0, 0.1) is 5.41 Å². The number of carbonyl (C=O) groups excluding carboxylic acids is 2. The lowest BCUT2D eigenvalue weighted by Crippen LogP contribution is -2.45. The third kappa shape index (κ3) is 7.58. The lowest BCUT2D eigenvalue weighted by Gasteiger charge is -2.34. The van der Waals surface area contributed by atoms with E-state index in [0.717, 1.165) is 36.1 Å². The van der Waals surface area contributed by atoms with Gasteiger partial charge in [0.05, 0.1) is 24.9 Å². The topological polar surface area (TPSA) is 165 Å². The number of nitrogens with zero attached hydrogens (tertiary/aromatic N) is 1. The van der Waals surface area contributed by atoms with Gasteiger partial charge in [0.1, 0.15) is 6.04 Å². The number of carbonyl (C=O) groups is 2. The van der Waals surface area contributed by atoms with Crippen molar-refractivity contribution in [3.63, 3.8) is 0 Å². The Morgan fingerprint density at radius 3 is 2.67 bits per heavy atom. The maximum atomic E-state index is 12.9. The third-order valence-corrected chi connectivity index (χ3v) is 9.81. The first-order valence-electron chi connectivity index (χ1n) is 17.0. The Balaban J connectivity index is 1.63. The summed E-state index contributed by atoms with van der Waals surface area (Å²) < 4.78 is 8.23. The largest absolute Gasteiger partial charge is 0.464 e. The van der Waals surface area contributed by atoms with E-state index in [2.05, 4.69) is 60.3 Å². The first-order chi connectivity index (χ1) is 21.9. The van der Waals surface area contributed by atoms with E-state index in [1.165, 1.54) is 22.5 Å². The van der Waals surface area contributed by atoms with Crippen molar-refractivity contribution in [2.45, 2.75) is 115 Å². The monoisotopic (exact) mass is 635 g/mol. The van der Waals surface area contributed by atoms with Crippen LogP contribution < -0.4 is 22.1 Å². The number of amides is 1. The number of allylic oxidation sites excluding steroid dienone is 3. The number of hydrogen-bond acceptors (Lipinski definition) is 8. The van der Waals surface area contributed by atoms with Crippen molar-refractivity contribution in [3.8, 4) is 0 Å². The molecule has 6 atom stereocenters. The van der Waals surface area contributed by atoms with E-state index in [0.29, 0.717) is 45.2 Å². The molecule has 2 aliphatic heterocycles. The van der Waals surface area contributed by atoms with Crippen LogP contribution >= 0.6 is 0 Å². The molecule has 6 unspecified atom stereocenters. The maximum absolute atomic E-state index is 12.9. The summed E-state index contributed by atoms with van der Waals surface area (Å²) in [5, 5.41) is 28.1. The fourth-order valence-corrected chi connectivity index (χ4v) is 7.52. The fourth-order valence-electron chi connectivity index (χ4n) is 7.52. The molecule has 5 rings (SSSR count). The first kappa shape index (κ1) is 34.3. The Hall–Kier alpha value is -3.02. The van der Waals surface area contributed by atoms with Crippen molar-refractivity contribution >= 4 is 18.0 Å². The van der Waals surface area contributed by atoms with Crippen LogP contribution in [0.25, 0.3) is 6.08 Å². The van der Waals surface area contributed by atoms with Gasteiger partial charge in [-0.1, -0.05) is 37.6 Å². The number of esters is 1. The van der Waals surface area contributed by atoms with Gasteiger partial charge in [-0.05, 0) is 93.2 Å². The second kappa shape index (κ2) is 14.4. The highest BCUT2D eigenvalue weighted by Crippen LogP contribution is 2.43. The summed E-state index contributed by atoms with van der Waals surface area (Å²) in [7, 11) is 0. The summed E-state index contributed by atoms with van der Waals surface area (Å²) in [6.45, 7) is 10.3. The fraction of sp³-hybridized carbons (Fsp3) is 0.611. The highest BCUT2D eigenvalue weighted by atomic mass is 16.5. The van der Waals surface area contributed by atoms with Gasteiger partial charge in [-0.3, -0.25) is 9.59 Å². The molecule has 0 aromatic carbocycles. The Morgan fingerprint density at radius 2 is 1.93 bits per heavy atom. The Labute approximate surface area is 273 Å². The van der Waals surface area contributed by atoms with E-state index in [9.17, 15) is 19.8 Å². The zero-order valence-electron chi connectivity index (χ0n) is 27.9. The number of hydrogen-bond donors (Lipinski definition) is 6. The van der Waals surface area contributed by atoms with Crippen LogP contribution in [0.2, 0.25) is 0 Å². The minimum atomic E-state index is -0.786. The molecule has 0 fully saturated rings. The molecule has 10 heteroatoms. The van der Waals surface area contributed by atoms with Crippen LogP contribution in [0.4, 0.5) is 0 Å². The lowest BCUT2D eigenvalue weighted by molar-refractivity contribution is -0.148. The number of nitrogens with two attached hydrogens (primary N) is 2. The Kier molecular flexibility index (Phi) is 10.7. The molecule has 4 bridgehead atoms. The lowest BCUT2D eigenvalue weighted by atomic mass is 9.79. The number of aliphatic hydroxyl groups excluding tert-OH is 2. The average Bonchev–Trinajstić information content (AvgIpc) is 3.32. The molecular weight excluding hydrogens is 582 g/mol. The molecule has 0 saturated carbocycles. The number of fused-ring (bicyclic) bond motifs is 2. The number of aliphatic hydroxyl groups is 2. The summed E-state index contributed by atoms with van der Waals surface area (Å²) in [5.41, 5.74) is 19.9. The number of aromatic nitrogens is 1. The third-order valence-electron chi connectivity index (χ3n) is 9.81. The van der Waals surface area contributed by atoms with Crippen LogP contribution in [0.15, 0.2) is 41.0 Å². The number of cyclic esters (lactones) is 1. The van der Waals surface area contributed by atoms with E-state index in [1.54, 1.807) is 0 Å². The Bertz CT molecular complexity index is 1430. The second-order valence-corrected chi connectivity index (χ2v) is 14.3. The molecule has 252 valence electrons. The van der Waals surface area contributed by atoms with Crippen molar-refractivity contribution in [2.75, 3.05) is 19.7 Å². The molecular formula is C36H53N5O5. The summed E-state index contributed by atoms with van der Waals surface area (Å²) in [5.74, 6) is -0.752. The van der Waals surface area contributed by atoms with Crippen LogP contribution in [0.3, 0.4) is 0 Å². The SMILES string of the molecule is CCn1c2c3c(c1C1C=CCNC1C(C)O)CC(C)(C)COC(=O)C(N)CCCNC(=O)C(N)CC1=CC(=CC(O)C1)C(=C3)CC2. The second-order valence-electron chi connectivity index (χ2n) is 14.3. The predicted octanol–water partition coefficient (Wildman–Crippen LogP) is 2.51. The average molecular weight is 636 g/mol. The number of nitrogens with one attached hydrogen (secondary N) is 2. The molecule has 0 saturated heterocycles. The zero-order chi connectivity index (χ0) is 33.2. The highest BCUT2D eigenvalue weighted by molar-refractivity contribution is 5.82. The molecule has 10 nitrogen and oxygen atoms in total. The summed E-state index contributed by atoms with van der Waals surface area (Å²) >= 11 is 0. The van der Waals surface area contributed by atoms with Gasteiger partial charge in [0.25, 0.3) is 0 Å². The summed E-state index contributed by atoms with van der Waals surface area (Å²) in [6, 6.07) is -1.68. The predicted molar refractivity (Wildman–Crippen MR) is 180 cm³/mol. The first-order valence-corrected chi connectivity index (χ1v) is 17.0. The molecule has 1 aromatic heterocycles. The molecule has 1 aromatic rings. The van der Waals surface area contributed by atoms with Gasteiger partial charge in [0, 0.05) is 48.4 Å². The standard InChI is InChI=1S/C36H53N5O5/c1-5-41-31-11-10-23-18-27(31)28(33(41)26-8-6-12-39-32(26)21(2)42)19-36(3,4)20-46-35(45)29(37)9-7-13-40-34(44)30(38)16-22-14-24(23)17-25(43)15-22/h6,8,14,17-18,21,25-26,29-30,32,39,42-43H,5,7,9-13,15-16,19-20,37-38H2,1-4H3,(H,40,44). The minimum absolute atomic E-state index is 0.0432. The van der Waals surface area contributed by atoms with Crippen LogP contribution in [-0.2, 0) is 33.7 Å². The number of ether oxygens (including phenoxy) is 1. The van der Waals surface area contributed by atoms with Gasteiger partial charge in [-0.25, -0.2) is 0 Å². The molecule has 2 aliphatic carbocycles. The molecule has 0 spiro atoms. The van der Waals surface area contributed by atoms with Gasteiger partial charge in [-0.15, -0.1) is 0 Å². The summed E-state index contributed by atoms with van der Waals surface area (Å²) in [6.07, 6.45) is 13.4. The quantitative estimate of drug-likeness (QED) is 0.218. The molecule has 3 heterocycles. The van der Waals surface area contributed by atoms with E-state index in [1.807, 2.05) is 13.0 Å². The Morgan fingerprint density at radius 1 is 1.15 bits per heavy atom. The van der Waals surface area contributed by atoms with Crippen LogP contribution in [0.5, 0.6) is 0 Å². The molecule has 46 heavy (non-hydrogen) atoms. The smallest absolute Gasteiger partial charge is 0.322 e. The van der Waals surface area contributed by atoms with Crippen LogP contribution in [-0.4, -0.2) is 76.7 Å². The molecule has 0 radical (unpaired) electrons. The van der Waals surface area contributed by atoms with Crippen molar-refractivity contribution in [1.82, 2.24) is 15.2 Å². The summed E-state index contributed by atoms with van der Waals surface area (Å²) in [4.78, 5) is 25.7. The van der Waals surface area contributed by atoms with Gasteiger partial charge in [-0.2, -0.15) is 0 Å². The van der Waals surface area contributed by atoms with Gasteiger partial charge in [0.2, 0.25) is 5.91 Å². The van der Waals surface area contributed by atoms with Gasteiger partial charge in [0.15, 0.2) is 0 Å². The normalized spacial score (nSPS) is 29.9. The van der Waals surface area contributed by atoms with Gasteiger partial charge >= 0.3 is 5.97 Å². The zero-order valence-corrected chi connectivity index (χ0v) is 27.9. The van der Waals surface area contributed by atoms with E-state index in [4.69, 9.17) is 16.2 Å². The highest BCUT2D eigenvalue weighted by Gasteiger charge is 2.37.